The average Bonchev–Trinajstić information content (AvgIpc) is 2.32. The van der Waals surface area contributed by atoms with Crippen LogP contribution in [0.2, 0.25) is 0 Å². The van der Waals surface area contributed by atoms with Crippen LogP contribution in [0.1, 0.15) is 5.56 Å². The van der Waals surface area contributed by atoms with Gasteiger partial charge in [-0.2, -0.15) is 0 Å². The fourth-order valence-electron chi connectivity index (χ4n) is 1.20. The van der Waals surface area contributed by atoms with Crippen molar-refractivity contribution in [1.29, 1.82) is 0 Å². The summed E-state index contributed by atoms with van der Waals surface area (Å²) in [5, 5.41) is 2.08. The zero-order chi connectivity index (χ0) is 13.8. The largest absolute Gasteiger partial charge is 0.350 e. The van der Waals surface area contributed by atoms with Gasteiger partial charge in [0.2, 0.25) is 5.91 Å². The molecule has 0 bridgehead atoms. The van der Waals surface area contributed by atoms with Crippen LogP contribution in [0, 0.1) is 5.82 Å². The van der Waals surface area contributed by atoms with Crippen molar-refractivity contribution in [3.63, 3.8) is 0 Å². The first kappa shape index (κ1) is 15.0. The Bertz CT molecular complexity index is 440. The van der Waals surface area contributed by atoms with Crippen molar-refractivity contribution in [2.45, 2.75) is 12.3 Å². The molecule has 7 heteroatoms. The summed E-state index contributed by atoms with van der Waals surface area (Å²) in [5.41, 5.74) is 5.36. The number of alkyl halides is 2. The molecule has 1 amide bonds. The molecule has 0 heterocycles. The maximum Gasteiger partial charge on any atom is 0.277 e. The van der Waals surface area contributed by atoms with Crippen molar-refractivity contribution >= 4 is 21.8 Å². The van der Waals surface area contributed by atoms with E-state index in [4.69, 9.17) is 5.73 Å². The minimum absolute atomic E-state index is 0.0977. The van der Waals surface area contributed by atoms with Gasteiger partial charge in [0.25, 0.3) is 5.92 Å². The average molecular weight is 325 g/mol. The normalized spacial score (nSPS) is 11.4. The number of hydrogen-bond acceptors (Lipinski definition) is 2. The lowest BCUT2D eigenvalue weighted by molar-refractivity contribution is -0.122. The van der Waals surface area contributed by atoms with Crippen molar-refractivity contribution < 1.29 is 18.0 Å². The molecule has 18 heavy (non-hydrogen) atoms. The molecule has 1 rings (SSSR count). The molecule has 1 aromatic rings. The monoisotopic (exact) mass is 324 g/mol. The van der Waals surface area contributed by atoms with Gasteiger partial charge in [-0.15, -0.1) is 0 Å². The molecular weight excluding hydrogens is 313 g/mol. The second-order valence-electron chi connectivity index (χ2n) is 3.76. The number of rotatable bonds is 5. The molecule has 3 N–H and O–H groups in total. The molecule has 0 aliphatic rings. The molecule has 0 spiro atoms. The van der Waals surface area contributed by atoms with Crippen LogP contribution in [-0.4, -0.2) is 24.9 Å². The SMILES string of the molecule is NCC(F)(F)CNC(=O)Cc1ccc(F)c(Br)c1. The highest BCUT2D eigenvalue weighted by atomic mass is 79.9. The van der Waals surface area contributed by atoms with E-state index in [1.807, 2.05) is 0 Å². The Kier molecular flexibility index (Phi) is 5.15. The first-order valence-corrected chi connectivity index (χ1v) is 5.92. The number of nitrogens with two attached hydrogens (primary N) is 1. The first-order valence-electron chi connectivity index (χ1n) is 5.12. The van der Waals surface area contributed by atoms with Crippen LogP contribution in [-0.2, 0) is 11.2 Å². The van der Waals surface area contributed by atoms with E-state index >= 15 is 0 Å². The zero-order valence-electron chi connectivity index (χ0n) is 9.35. The topological polar surface area (TPSA) is 55.1 Å². The smallest absolute Gasteiger partial charge is 0.277 e. The Labute approximate surface area is 111 Å². The Morgan fingerprint density at radius 3 is 2.67 bits per heavy atom. The van der Waals surface area contributed by atoms with E-state index < -0.39 is 30.7 Å². The maximum atomic E-state index is 12.9. The summed E-state index contributed by atoms with van der Waals surface area (Å²) in [4.78, 5) is 11.4. The third-order valence-electron chi connectivity index (χ3n) is 2.19. The van der Waals surface area contributed by atoms with Gasteiger partial charge in [-0.3, -0.25) is 4.79 Å². The minimum Gasteiger partial charge on any atom is -0.350 e. The quantitative estimate of drug-likeness (QED) is 0.868. The van der Waals surface area contributed by atoms with Gasteiger partial charge in [-0.1, -0.05) is 6.07 Å². The Morgan fingerprint density at radius 2 is 2.11 bits per heavy atom. The first-order chi connectivity index (χ1) is 8.34. The fraction of sp³-hybridized carbons (Fsp3) is 0.364. The van der Waals surface area contributed by atoms with Crippen molar-refractivity contribution in [3.8, 4) is 0 Å². The van der Waals surface area contributed by atoms with Crippen LogP contribution in [0.3, 0.4) is 0 Å². The van der Waals surface area contributed by atoms with Crippen molar-refractivity contribution in [2.75, 3.05) is 13.1 Å². The summed E-state index contributed by atoms with van der Waals surface area (Å²) < 4.78 is 38.7. The Balaban J connectivity index is 2.52. The molecule has 0 aliphatic carbocycles. The van der Waals surface area contributed by atoms with Crippen LogP contribution < -0.4 is 11.1 Å². The molecule has 0 saturated heterocycles. The molecule has 3 nitrogen and oxygen atoms in total. The van der Waals surface area contributed by atoms with E-state index in [0.29, 0.717) is 5.56 Å². The van der Waals surface area contributed by atoms with Gasteiger partial charge < -0.3 is 11.1 Å². The van der Waals surface area contributed by atoms with Gasteiger partial charge in [0.15, 0.2) is 0 Å². The molecule has 0 saturated carbocycles. The highest BCUT2D eigenvalue weighted by Gasteiger charge is 2.27. The summed E-state index contributed by atoms with van der Waals surface area (Å²) >= 11 is 2.97. The number of carbonyl (C=O) groups is 1. The van der Waals surface area contributed by atoms with Gasteiger partial charge >= 0.3 is 0 Å². The van der Waals surface area contributed by atoms with Gasteiger partial charge in [-0.05, 0) is 33.6 Å². The van der Waals surface area contributed by atoms with E-state index in [9.17, 15) is 18.0 Å². The zero-order valence-corrected chi connectivity index (χ0v) is 10.9. The van der Waals surface area contributed by atoms with E-state index in [1.165, 1.54) is 18.2 Å². The summed E-state index contributed by atoms with van der Waals surface area (Å²) in [6.45, 7) is -1.62. The predicted octanol–water partition coefficient (Wildman–Crippen LogP) is 1.84. The molecular formula is C11H12BrF3N2O. The predicted molar refractivity (Wildman–Crippen MR) is 64.8 cm³/mol. The van der Waals surface area contributed by atoms with Gasteiger partial charge in [0.05, 0.1) is 24.0 Å². The number of hydrogen-bond donors (Lipinski definition) is 2. The van der Waals surface area contributed by atoms with E-state index in [2.05, 4.69) is 21.2 Å². The Morgan fingerprint density at radius 1 is 1.44 bits per heavy atom. The van der Waals surface area contributed by atoms with Crippen molar-refractivity contribution in [3.05, 3.63) is 34.1 Å². The van der Waals surface area contributed by atoms with E-state index in [-0.39, 0.29) is 10.9 Å². The van der Waals surface area contributed by atoms with Crippen LogP contribution in [0.25, 0.3) is 0 Å². The van der Waals surface area contributed by atoms with Crippen molar-refractivity contribution in [2.24, 2.45) is 5.73 Å². The number of halogens is 4. The summed E-state index contributed by atoms with van der Waals surface area (Å²) in [6, 6.07) is 4.04. The fourth-order valence-corrected chi connectivity index (χ4v) is 1.62. The molecule has 1 aromatic carbocycles. The van der Waals surface area contributed by atoms with Crippen LogP contribution >= 0.6 is 15.9 Å². The van der Waals surface area contributed by atoms with Crippen LogP contribution in [0.4, 0.5) is 13.2 Å². The van der Waals surface area contributed by atoms with Gasteiger partial charge in [0.1, 0.15) is 5.82 Å². The van der Waals surface area contributed by atoms with E-state index in [1.54, 1.807) is 0 Å². The molecule has 0 aromatic heterocycles. The van der Waals surface area contributed by atoms with Gasteiger partial charge in [0, 0.05) is 0 Å². The molecule has 0 radical (unpaired) electrons. The minimum atomic E-state index is -3.11. The molecule has 0 fully saturated rings. The molecule has 0 atom stereocenters. The second-order valence-corrected chi connectivity index (χ2v) is 4.62. The lowest BCUT2D eigenvalue weighted by Crippen LogP contribution is -2.42. The second kappa shape index (κ2) is 6.19. The lowest BCUT2D eigenvalue weighted by Gasteiger charge is -2.14. The molecule has 100 valence electrons. The maximum absolute atomic E-state index is 12.9. The van der Waals surface area contributed by atoms with Crippen LogP contribution in [0.5, 0.6) is 0 Å². The van der Waals surface area contributed by atoms with Gasteiger partial charge in [-0.25, -0.2) is 13.2 Å². The molecule has 0 unspecified atom stereocenters. The number of nitrogens with one attached hydrogen (secondary N) is 1. The molecule has 0 aliphatic heterocycles. The summed E-state index contributed by atoms with van der Waals surface area (Å²) in [6.07, 6.45) is -0.0977. The summed E-state index contributed by atoms with van der Waals surface area (Å²) in [5.74, 6) is -4.13. The van der Waals surface area contributed by atoms with Crippen LogP contribution in [0.15, 0.2) is 22.7 Å². The third kappa shape index (κ3) is 4.66. The standard InChI is InChI=1S/C11H12BrF3N2O/c12-8-3-7(1-2-9(8)13)4-10(18)17-6-11(14,15)5-16/h1-3H,4-6,16H2,(H,17,18). The number of benzene rings is 1. The van der Waals surface area contributed by atoms with Crippen molar-refractivity contribution in [1.82, 2.24) is 5.32 Å². The number of amides is 1. The number of carbonyl (C=O) groups excluding carboxylic acids is 1. The highest BCUT2D eigenvalue weighted by Crippen LogP contribution is 2.17. The van der Waals surface area contributed by atoms with E-state index in [0.717, 1.165) is 0 Å². The third-order valence-corrected chi connectivity index (χ3v) is 2.80. The lowest BCUT2D eigenvalue weighted by atomic mass is 10.1. The summed E-state index contributed by atoms with van der Waals surface area (Å²) in [7, 11) is 0. The highest BCUT2D eigenvalue weighted by molar-refractivity contribution is 9.10. The Hall–Kier alpha value is -1.08.